The first-order valence-electron chi connectivity index (χ1n) is 4.39. The highest BCUT2D eigenvalue weighted by molar-refractivity contribution is 5.78. The summed E-state index contributed by atoms with van der Waals surface area (Å²) in [4.78, 5) is 10.7. The van der Waals surface area contributed by atoms with Gasteiger partial charge in [-0.1, -0.05) is 13.8 Å². The average Bonchev–Trinajstić information content (AvgIpc) is 2.10. The summed E-state index contributed by atoms with van der Waals surface area (Å²) in [5.41, 5.74) is 0. The van der Waals surface area contributed by atoms with Gasteiger partial charge in [0.1, 0.15) is 5.78 Å². The Kier molecular flexibility index (Phi) is 6.13. The number of hydrogen-bond donors (Lipinski definition) is 0. The van der Waals surface area contributed by atoms with Gasteiger partial charge in [-0.25, -0.2) is 0 Å². The summed E-state index contributed by atoms with van der Waals surface area (Å²) in [5, 5.41) is 0. The molecular formula is C9H18O2. The molecule has 1 atom stereocenters. The Hall–Kier alpha value is -0.370. The van der Waals surface area contributed by atoms with E-state index in [4.69, 9.17) is 4.74 Å². The molecule has 0 N–H and O–H groups in total. The van der Waals surface area contributed by atoms with Crippen molar-refractivity contribution < 1.29 is 9.53 Å². The van der Waals surface area contributed by atoms with E-state index in [1.54, 1.807) is 6.92 Å². The van der Waals surface area contributed by atoms with Gasteiger partial charge in [0.25, 0.3) is 0 Å². The molecule has 1 aliphatic heterocycles. The number of rotatable bonds is 1. The maximum absolute atomic E-state index is 10.7. The second-order valence-electron chi connectivity index (χ2n) is 2.52. The number of Topliss-reactive ketones (excluding diaryl/α,β-unsaturated/α-hetero) is 1. The standard InChI is InChI=1S/C7H12O2.C2H6/c1-6(8)7-3-2-4-9-5-7;1-2/h7H,2-5H2,1H3;1-2H3. The Labute approximate surface area is 68.9 Å². The van der Waals surface area contributed by atoms with E-state index in [9.17, 15) is 4.79 Å². The lowest BCUT2D eigenvalue weighted by Gasteiger charge is -2.18. The molecule has 1 heterocycles. The van der Waals surface area contributed by atoms with Crippen molar-refractivity contribution in [3.05, 3.63) is 0 Å². The monoisotopic (exact) mass is 158 g/mol. The van der Waals surface area contributed by atoms with Crippen molar-refractivity contribution >= 4 is 5.78 Å². The fraction of sp³-hybridized carbons (Fsp3) is 0.889. The highest BCUT2D eigenvalue weighted by atomic mass is 16.5. The fourth-order valence-corrected chi connectivity index (χ4v) is 1.06. The molecule has 2 heteroatoms. The lowest BCUT2D eigenvalue weighted by molar-refractivity contribution is -0.124. The first kappa shape index (κ1) is 10.6. The van der Waals surface area contributed by atoms with E-state index >= 15 is 0 Å². The van der Waals surface area contributed by atoms with Crippen molar-refractivity contribution in [1.82, 2.24) is 0 Å². The van der Waals surface area contributed by atoms with Crippen molar-refractivity contribution in [3.8, 4) is 0 Å². The minimum atomic E-state index is 0.193. The zero-order valence-corrected chi connectivity index (χ0v) is 7.72. The van der Waals surface area contributed by atoms with Gasteiger partial charge < -0.3 is 4.74 Å². The zero-order chi connectivity index (χ0) is 8.69. The Morgan fingerprint density at radius 1 is 1.45 bits per heavy atom. The molecule has 0 aromatic rings. The van der Waals surface area contributed by atoms with Gasteiger partial charge in [-0.15, -0.1) is 0 Å². The van der Waals surface area contributed by atoms with Crippen molar-refractivity contribution in [2.45, 2.75) is 33.6 Å². The third kappa shape index (κ3) is 4.14. The van der Waals surface area contributed by atoms with Crippen LogP contribution in [0.5, 0.6) is 0 Å². The molecule has 0 saturated carbocycles. The molecule has 1 rings (SSSR count). The smallest absolute Gasteiger partial charge is 0.135 e. The van der Waals surface area contributed by atoms with E-state index < -0.39 is 0 Å². The van der Waals surface area contributed by atoms with Gasteiger partial charge in [0, 0.05) is 12.5 Å². The molecule has 0 bridgehead atoms. The van der Waals surface area contributed by atoms with Crippen LogP contribution in [0.4, 0.5) is 0 Å². The molecule has 66 valence electrons. The maximum Gasteiger partial charge on any atom is 0.135 e. The van der Waals surface area contributed by atoms with Crippen molar-refractivity contribution in [2.75, 3.05) is 13.2 Å². The van der Waals surface area contributed by atoms with Crippen LogP contribution < -0.4 is 0 Å². The van der Waals surface area contributed by atoms with Crippen LogP contribution in [-0.4, -0.2) is 19.0 Å². The maximum atomic E-state index is 10.7. The second-order valence-corrected chi connectivity index (χ2v) is 2.52. The largest absolute Gasteiger partial charge is 0.381 e. The summed E-state index contributed by atoms with van der Waals surface area (Å²) < 4.78 is 5.12. The molecule has 11 heavy (non-hydrogen) atoms. The van der Waals surface area contributed by atoms with Gasteiger partial charge >= 0.3 is 0 Å². The van der Waals surface area contributed by atoms with Crippen LogP contribution in [0.25, 0.3) is 0 Å². The summed E-state index contributed by atoms with van der Waals surface area (Å²) >= 11 is 0. The molecule has 1 aliphatic rings. The van der Waals surface area contributed by atoms with Crippen LogP contribution in [0.1, 0.15) is 33.6 Å². The Bertz CT molecular complexity index is 104. The van der Waals surface area contributed by atoms with Gasteiger partial charge in [-0.2, -0.15) is 0 Å². The van der Waals surface area contributed by atoms with Gasteiger partial charge in [0.2, 0.25) is 0 Å². The van der Waals surface area contributed by atoms with E-state index in [1.165, 1.54) is 0 Å². The molecular weight excluding hydrogens is 140 g/mol. The summed E-state index contributed by atoms with van der Waals surface area (Å²) in [6.45, 7) is 7.12. The number of ketones is 1. The van der Waals surface area contributed by atoms with Crippen molar-refractivity contribution in [1.29, 1.82) is 0 Å². The molecule has 2 nitrogen and oxygen atoms in total. The normalized spacial score (nSPS) is 23.4. The van der Waals surface area contributed by atoms with Gasteiger partial charge in [0.05, 0.1) is 6.61 Å². The van der Waals surface area contributed by atoms with E-state index in [0.717, 1.165) is 19.4 Å². The Morgan fingerprint density at radius 2 is 2.09 bits per heavy atom. The number of hydrogen-bond acceptors (Lipinski definition) is 2. The molecule has 0 amide bonds. The van der Waals surface area contributed by atoms with Crippen LogP contribution >= 0.6 is 0 Å². The van der Waals surface area contributed by atoms with Gasteiger partial charge in [-0.05, 0) is 19.8 Å². The van der Waals surface area contributed by atoms with E-state index in [1.807, 2.05) is 13.8 Å². The predicted molar refractivity (Wildman–Crippen MR) is 45.6 cm³/mol. The first-order chi connectivity index (χ1) is 5.30. The van der Waals surface area contributed by atoms with Crippen LogP contribution in [0.2, 0.25) is 0 Å². The zero-order valence-electron chi connectivity index (χ0n) is 7.72. The van der Waals surface area contributed by atoms with E-state index in [2.05, 4.69) is 0 Å². The van der Waals surface area contributed by atoms with Crippen LogP contribution in [0, 0.1) is 5.92 Å². The third-order valence-electron chi connectivity index (χ3n) is 1.74. The predicted octanol–water partition coefficient (Wildman–Crippen LogP) is 2.03. The second kappa shape index (κ2) is 6.35. The molecule has 0 aromatic heterocycles. The van der Waals surface area contributed by atoms with Crippen molar-refractivity contribution in [3.63, 3.8) is 0 Å². The molecule has 0 radical (unpaired) electrons. The highest BCUT2D eigenvalue weighted by Gasteiger charge is 2.17. The number of carbonyl (C=O) groups is 1. The number of ether oxygens (including phenoxy) is 1. The lowest BCUT2D eigenvalue weighted by atomic mass is 9.99. The minimum absolute atomic E-state index is 0.193. The molecule has 0 aromatic carbocycles. The Morgan fingerprint density at radius 3 is 2.36 bits per heavy atom. The SMILES string of the molecule is CC.CC(=O)C1CCCOC1. The summed E-state index contributed by atoms with van der Waals surface area (Å²) in [6, 6.07) is 0. The topological polar surface area (TPSA) is 26.3 Å². The third-order valence-corrected chi connectivity index (χ3v) is 1.74. The first-order valence-corrected chi connectivity index (χ1v) is 4.39. The van der Waals surface area contributed by atoms with Crippen LogP contribution in [0.3, 0.4) is 0 Å². The highest BCUT2D eigenvalue weighted by Crippen LogP contribution is 2.13. The van der Waals surface area contributed by atoms with Crippen LogP contribution in [-0.2, 0) is 9.53 Å². The van der Waals surface area contributed by atoms with E-state index in [-0.39, 0.29) is 11.7 Å². The van der Waals surface area contributed by atoms with Gasteiger partial charge in [-0.3, -0.25) is 4.79 Å². The fourth-order valence-electron chi connectivity index (χ4n) is 1.06. The molecule has 0 aliphatic carbocycles. The average molecular weight is 158 g/mol. The van der Waals surface area contributed by atoms with Crippen LogP contribution in [0.15, 0.2) is 0 Å². The summed E-state index contributed by atoms with van der Waals surface area (Å²) in [6.07, 6.45) is 2.07. The van der Waals surface area contributed by atoms with Crippen molar-refractivity contribution in [2.24, 2.45) is 5.92 Å². The molecule has 1 unspecified atom stereocenters. The molecule has 1 saturated heterocycles. The summed E-state index contributed by atoms with van der Waals surface area (Å²) in [7, 11) is 0. The number of carbonyl (C=O) groups excluding carboxylic acids is 1. The Balaban J connectivity index is 0.000000461. The minimum Gasteiger partial charge on any atom is -0.381 e. The quantitative estimate of drug-likeness (QED) is 0.583. The van der Waals surface area contributed by atoms with E-state index in [0.29, 0.717) is 6.61 Å². The molecule has 0 spiro atoms. The summed E-state index contributed by atoms with van der Waals surface area (Å²) in [5.74, 6) is 0.466. The lowest BCUT2D eigenvalue weighted by Crippen LogP contribution is -2.22. The van der Waals surface area contributed by atoms with Gasteiger partial charge in [0.15, 0.2) is 0 Å². The molecule has 1 fully saturated rings.